The first-order chi connectivity index (χ1) is 8.16. The Kier molecular flexibility index (Phi) is 3.96. The Hall–Kier alpha value is -1.14. The minimum absolute atomic E-state index is 0.00610. The molecule has 0 aliphatic heterocycles. The van der Waals surface area contributed by atoms with Crippen LogP contribution in [-0.4, -0.2) is 4.98 Å². The summed E-state index contributed by atoms with van der Waals surface area (Å²) in [6.07, 6.45) is 1.75. The van der Waals surface area contributed by atoms with Crippen LogP contribution >= 0.6 is 22.6 Å². The SMILES string of the molecule is CC(N)c1ccc(Oc2ccccc2I)nc1. The van der Waals surface area contributed by atoms with Crippen molar-refractivity contribution in [2.45, 2.75) is 13.0 Å². The predicted octanol–water partition coefficient (Wildman–Crippen LogP) is 3.50. The summed E-state index contributed by atoms with van der Waals surface area (Å²) >= 11 is 2.23. The Bertz CT molecular complexity index is 497. The third kappa shape index (κ3) is 3.17. The smallest absolute Gasteiger partial charge is 0.219 e. The number of hydrogen-bond donors (Lipinski definition) is 1. The molecule has 0 aliphatic carbocycles. The molecule has 0 fully saturated rings. The summed E-state index contributed by atoms with van der Waals surface area (Å²) in [7, 11) is 0. The fourth-order valence-corrected chi connectivity index (χ4v) is 1.86. The zero-order valence-corrected chi connectivity index (χ0v) is 11.6. The van der Waals surface area contributed by atoms with Crippen LogP contribution in [-0.2, 0) is 0 Å². The molecule has 1 atom stereocenters. The molecule has 17 heavy (non-hydrogen) atoms. The van der Waals surface area contributed by atoms with Crippen LogP contribution in [0, 0.1) is 3.57 Å². The molecule has 2 rings (SSSR count). The van der Waals surface area contributed by atoms with Crippen molar-refractivity contribution in [2.75, 3.05) is 0 Å². The number of para-hydroxylation sites is 1. The van der Waals surface area contributed by atoms with Gasteiger partial charge in [0.2, 0.25) is 5.88 Å². The van der Waals surface area contributed by atoms with Gasteiger partial charge in [0.15, 0.2) is 0 Å². The van der Waals surface area contributed by atoms with Crippen LogP contribution in [0.15, 0.2) is 42.6 Å². The fourth-order valence-electron chi connectivity index (χ4n) is 1.36. The third-order valence-corrected chi connectivity index (χ3v) is 3.23. The van der Waals surface area contributed by atoms with E-state index in [1.807, 2.05) is 43.3 Å². The van der Waals surface area contributed by atoms with E-state index in [-0.39, 0.29) is 6.04 Å². The molecule has 0 aliphatic rings. The van der Waals surface area contributed by atoms with Crippen molar-refractivity contribution in [2.24, 2.45) is 5.73 Å². The van der Waals surface area contributed by atoms with E-state index in [2.05, 4.69) is 27.6 Å². The predicted molar refractivity (Wildman–Crippen MR) is 76.1 cm³/mol. The summed E-state index contributed by atoms with van der Waals surface area (Å²) in [5, 5.41) is 0. The molecule has 0 saturated heterocycles. The number of nitrogens with two attached hydrogens (primary N) is 1. The van der Waals surface area contributed by atoms with E-state index in [0.29, 0.717) is 5.88 Å². The molecule has 1 aromatic carbocycles. The lowest BCUT2D eigenvalue weighted by Gasteiger charge is -2.08. The van der Waals surface area contributed by atoms with Crippen molar-refractivity contribution in [3.05, 3.63) is 51.7 Å². The highest BCUT2D eigenvalue weighted by Gasteiger charge is 2.04. The van der Waals surface area contributed by atoms with Gasteiger partial charge in [0, 0.05) is 18.3 Å². The van der Waals surface area contributed by atoms with Crippen molar-refractivity contribution in [3.8, 4) is 11.6 Å². The summed E-state index contributed by atoms with van der Waals surface area (Å²) in [5.74, 6) is 1.40. The molecule has 4 heteroatoms. The largest absolute Gasteiger partial charge is 0.438 e. The zero-order valence-electron chi connectivity index (χ0n) is 9.43. The van der Waals surface area contributed by atoms with E-state index in [9.17, 15) is 0 Å². The number of nitrogens with zero attached hydrogens (tertiary/aromatic N) is 1. The van der Waals surface area contributed by atoms with Gasteiger partial charge >= 0.3 is 0 Å². The molecule has 2 aromatic rings. The van der Waals surface area contributed by atoms with Gasteiger partial charge in [0.05, 0.1) is 3.57 Å². The number of pyridine rings is 1. The molecule has 2 N–H and O–H groups in total. The maximum atomic E-state index is 5.76. The van der Waals surface area contributed by atoms with Gasteiger partial charge in [0.25, 0.3) is 0 Å². The summed E-state index contributed by atoms with van der Waals surface area (Å²) in [6.45, 7) is 1.93. The van der Waals surface area contributed by atoms with Gasteiger partial charge in [-0.15, -0.1) is 0 Å². The molecule has 0 saturated carbocycles. The van der Waals surface area contributed by atoms with Gasteiger partial charge in [0.1, 0.15) is 5.75 Å². The molecule has 0 amide bonds. The van der Waals surface area contributed by atoms with Gasteiger partial charge in [-0.05, 0) is 47.2 Å². The van der Waals surface area contributed by atoms with Crippen molar-refractivity contribution in [1.29, 1.82) is 0 Å². The number of benzene rings is 1. The van der Waals surface area contributed by atoms with E-state index in [1.54, 1.807) is 6.20 Å². The van der Waals surface area contributed by atoms with Crippen LogP contribution in [0.2, 0.25) is 0 Å². The van der Waals surface area contributed by atoms with Crippen LogP contribution in [0.5, 0.6) is 11.6 Å². The Morgan fingerprint density at radius 3 is 2.59 bits per heavy atom. The lowest BCUT2D eigenvalue weighted by atomic mass is 10.2. The number of ether oxygens (including phenoxy) is 1. The number of hydrogen-bond acceptors (Lipinski definition) is 3. The first kappa shape index (κ1) is 12.3. The molecule has 88 valence electrons. The average molecular weight is 340 g/mol. The quantitative estimate of drug-likeness (QED) is 0.870. The first-order valence-corrected chi connectivity index (χ1v) is 6.38. The lowest BCUT2D eigenvalue weighted by Crippen LogP contribution is -2.05. The molecule has 1 heterocycles. The summed E-state index contributed by atoms with van der Waals surface area (Å²) < 4.78 is 6.74. The average Bonchev–Trinajstić information content (AvgIpc) is 2.33. The second-order valence-electron chi connectivity index (χ2n) is 3.75. The number of aromatic nitrogens is 1. The number of halogens is 1. The van der Waals surface area contributed by atoms with Crippen LogP contribution in [0.1, 0.15) is 18.5 Å². The molecule has 1 aromatic heterocycles. The molecule has 0 spiro atoms. The number of rotatable bonds is 3. The summed E-state index contributed by atoms with van der Waals surface area (Å²) in [5.41, 5.74) is 6.76. The molecular weight excluding hydrogens is 327 g/mol. The van der Waals surface area contributed by atoms with Crippen molar-refractivity contribution in [3.63, 3.8) is 0 Å². The minimum Gasteiger partial charge on any atom is -0.438 e. The van der Waals surface area contributed by atoms with E-state index in [0.717, 1.165) is 14.9 Å². The molecule has 0 radical (unpaired) electrons. The molecule has 3 nitrogen and oxygen atoms in total. The highest BCUT2D eigenvalue weighted by atomic mass is 127. The Labute approximate surface area is 114 Å². The van der Waals surface area contributed by atoms with Crippen LogP contribution in [0.4, 0.5) is 0 Å². The van der Waals surface area contributed by atoms with E-state index in [1.165, 1.54) is 0 Å². The summed E-state index contributed by atoms with van der Waals surface area (Å²) in [6, 6.07) is 11.6. The third-order valence-electron chi connectivity index (χ3n) is 2.34. The minimum atomic E-state index is -0.00610. The Morgan fingerprint density at radius 1 is 1.24 bits per heavy atom. The molecule has 0 bridgehead atoms. The van der Waals surface area contributed by atoms with Crippen molar-refractivity contribution >= 4 is 22.6 Å². The maximum absolute atomic E-state index is 5.76. The van der Waals surface area contributed by atoms with Gasteiger partial charge in [-0.3, -0.25) is 0 Å². The van der Waals surface area contributed by atoms with Gasteiger partial charge in [-0.25, -0.2) is 4.98 Å². The second-order valence-corrected chi connectivity index (χ2v) is 4.91. The van der Waals surface area contributed by atoms with E-state index < -0.39 is 0 Å². The topological polar surface area (TPSA) is 48.1 Å². The lowest BCUT2D eigenvalue weighted by molar-refractivity contribution is 0.459. The highest BCUT2D eigenvalue weighted by molar-refractivity contribution is 14.1. The normalized spacial score (nSPS) is 12.2. The Morgan fingerprint density at radius 2 is 2.00 bits per heavy atom. The van der Waals surface area contributed by atoms with E-state index in [4.69, 9.17) is 10.5 Å². The first-order valence-electron chi connectivity index (χ1n) is 5.31. The van der Waals surface area contributed by atoms with Gasteiger partial charge in [-0.1, -0.05) is 18.2 Å². The van der Waals surface area contributed by atoms with Gasteiger partial charge < -0.3 is 10.5 Å². The van der Waals surface area contributed by atoms with Gasteiger partial charge in [-0.2, -0.15) is 0 Å². The maximum Gasteiger partial charge on any atom is 0.219 e. The van der Waals surface area contributed by atoms with Crippen LogP contribution < -0.4 is 10.5 Å². The summed E-state index contributed by atoms with van der Waals surface area (Å²) in [4.78, 5) is 4.23. The highest BCUT2D eigenvalue weighted by Crippen LogP contribution is 2.25. The van der Waals surface area contributed by atoms with E-state index >= 15 is 0 Å². The Balaban J connectivity index is 2.17. The molecular formula is C13H13IN2O. The second kappa shape index (κ2) is 5.46. The van der Waals surface area contributed by atoms with Crippen molar-refractivity contribution in [1.82, 2.24) is 4.98 Å². The standard InChI is InChI=1S/C13H13IN2O/c1-9(15)10-6-7-13(16-8-10)17-12-5-3-2-4-11(12)14/h2-9H,15H2,1H3. The monoisotopic (exact) mass is 340 g/mol. The van der Waals surface area contributed by atoms with Crippen LogP contribution in [0.3, 0.4) is 0 Å². The van der Waals surface area contributed by atoms with Crippen molar-refractivity contribution < 1.29 is 4.74 Å². The molecule has 1 unspecified atom stereocenters. The zero-order chi connectivity index (χ0) is 12.3. The van der Waals surface area contributed by atoms with Crippen LogP contribution in [0.25, 0.3) is 0 Å². The fraction of sp³-hybridized carbons (Fsp3) is 0.154.